The van der Waals surface area contributed by atoms with Gasteiger partial charge in [-0.1, -0.05) is 42.5 Å². The fourth-order valence-corrected chi connectivity index (χ4v) is 3.58. The number of aromatic nitrogens is 3. The molecule has 0 saturated heterocycles. The van der Waals surface area contributed by atoms with Gasteiger partial charge in [-0.3, -0.25) is 9.67 Å². The number of hydrogen-bond acceptors (Lipinski definition) is 4. The smallest absolute Gasteiger partial charge is 0.200 e. The minimum Gasteiger partial charge on any atom is -0.492 e. The number of H-pyrrole nitrogens is 1. The number of nitrogens with one attached hydrogen (secondary N) is 1. The summed E-state index contributed by atoms with van der Waals surface area (Å²) < 4.78 is 8.27. The van der Waals surface area contributed by atoms with E-state index in [9.17, 15) is 0 Å². The molecule has 1 heterocycles. The van der Waals surface area contributed by atoms with Crippen LogP contribution in [0.15, 0.2) is 54.6 Å². The maximum Gasteiger partial charge on any atom is 0.200 e. The number of nitrogens with zero attached hydrogens (tertiary/aromatic N) is 2. The summed E-state index contributed by atoms with van der Waals surface area (Å²) in [5.41, 5.74) is 2.23. The van der Waals surface area contributed by atoms with E-state index in [0.717, 1.165) is 28.8 Å². The van der Waals surface area contributed by atoms with E-state index in [4.69, 9.17) is 17.0 Å². The molecule has 0 aliphatic carbocycles. The molecule has 1 N–H and O–H groups in total. The highest BCUT2D eigenvalue weighted by molar-refractivity contribution is 7.97. The summed E-state index contributed by atoms with van der Waals surface area (Å²) in [6.45, 7) is 2.59. The first-order chi connectivity index (χ1) is 11.8. The lowest BCUT2D eigenvalue weighted by Crippen LogP contribution is -2.04. The van der Waals surface area contributed by atoms with Crippen molar-refractivity contribution in [1.82, 2.24) is 14.8 Å². The van der Waals surface area contributed by atoms with Crippen LogP contribution in [0.5, 0.6) is 5.75 Å². The van der Waals surface area contributed by atoms with E-state index in [2.05, 4.69) is 34.5 Å². The summed E-state index contributed by atoms with van der Waals surface area (Å²) in [6, 6.07) is 18.3. The Balaban J connectivity index is 1.81. The maximum atomic E-state index is 5.73. The van der Waals surface area contributed by atoms with E-state index in [1.54, 1.807) is 0 Å². The van der Waals surface area contributed by atoms with Crippen molar-refractivity contribution in [2.45, 2.75) is 18.4 Å². The molecule has 3 aromatic rings. The van der Waals surface area contributed by atoms with Gasteiger partial charge in [0.1, 0.15) is 11.6 Å². The van der Waals surface area contributed by atoms with Gasteiger partial charge >= 0.3 is 0 Å². The van der Waals surface area contributed by atoms with Gasteiger partial charge in [-0.15, -0.1) is 11.8 Å². The minimum atomic E-state index is 0.581. The molecular formula is C18H19N3OS2. The van der Waals surface area contributed by atoms with E-state index in [-0.39, 0.29) is 0 Å². The zero-order valence-electron chi connectivity index (χ0n) is 13.4. The normalized spacial score (nSPS) is 10.7. The predicted molar refractivity (Wildman–Crippen MR) is 101 cm³/mol. The van der Waals surface area contributed by atoms with Crippen molar-refractivity contribution < 1.29 is 4.74 Å². The number of aromatic amines is 1. The zero-order chi connectivity index (χ0) is 16.8. The highest BCUT2D eigenvalue weighted by Gasteiger charge is 2.12. The summed E-state index contributed by atoms with van der Waals surface area (Å²) in [7, 11) is 0. The van der Waals surface area contributed by atoms with Crippen molar-refractivity contribution >= 4 is 24.0 Å². The summed E-state index contributed by atoms with van der Waals surface area (Å²) in [6.07, 6.45) is 0. The minimum absolute atomic E-state index is 0.581. The molecule has 0 unspecified atom stereocenters. The number of para-hydroxylation sites is 2. The highest BCUT2D eigenvalue weighted by Crippen LogP contribution is 2.26. The Hall–Kier alpha value is -2.05. The Morgan fingerprint density at radius 1 is 1.08 bits per heavy atom. The van der Waals surface area contributed by atoms with Crippen LogP contribution in [-0.2, 0) is 11.5 Å². The SMILES string of the molecule is CCOc1ccccc1-n1c(CSCc2ccccc2)n[nH]c1=S. The van der Waals surface area contributed by atoms with Crippen LogP contribution in [0.2, 0.25) is 0 Å². The summed E-state index contributed by atoms with van der Waals surface area (Å²) in [5.74, 6) is 3.41. The highest BCUT2D eigenvalue weighted by atomic mass is 32.2. The van der Waals surface area contributed by atoms with Gasteiger partial charge in [0.2, 0.25) is 0 Å². The molecule has 6 heteroatoms. The lowest BCUT2D eigenvalue weighted by Gasteiger charge is -2.12. The molecular weight excluding hydrogens is 338 g/mol. The second kappa shape index (κ2) is 8.17. The molecule has 0 bridgehead atoms. The van der Waals surface area contributed by atoms with Crippen LogP contribution in [0.1, 0.15) is 18.3 Å². The van der Waals surface area contributed by atoms with Gasteiger partial charge in [0.15, 0.2) is 4.77 Å². The van der Waals surface area contributed by atoms with Crippen molar-refractivity contribution in [2.75, 3.05) is 6.61 Å². The lowest BCUT2D eigenvalue weighted by atomic mass is 10.2. The molecule has 0 fully saturated rings. The largest absolute Gasteiger partial charge is 0.492 e. The topological polar surface area (TPSA) is 42.8 Å². The molecule has 0 aliphatic rings. The third-order valence-electron chi connectivity index (χ3n) is 3.49. The molecule has 124 valence electrons. The molecule has 0 saturated carbocycles. The number of thioether (sulfide) groups is 1. The van der Waals surface area contributed by atoms with Crippen LogP contribution in [0.25, 0.3) is 5.69 Å². The Morgan fingerprint density at radius 3 is 2.62 bits per heavy atom. The number of benzene rings is 2. The van der Waals surface area contributed by atoms with Crippen molar-refractivity contribution in [3.8, 4) is 11.4 Å². The van der Waals surface area contributed by atoms with Gasteiger partial charge in [0.25, 0.3) is 0 Å². The van der Waals surface area contributed by atoms with Crippen LogP contribution in [0.3, 0.4) is 0 Å². The molecule has 1 aromatic heterocycles. The zero-order valence-corrected chi connectivity index (χ0v) is 15.1. The summed E-state index contributed by atoms with van der Waals surface area (Å²) >= 11 is 7.23. The fourth-order valence-electron chi connectivity index (χ4n) is 2.43. The van der Waals surface area contributed by atoms with Crippen molar-refractivity contribution in [2.24, 2.45) is 0 Å². The number of hydrogen-bond donors (Lipinski definition) is 1. The van der Waals surface area contributed by atoms with Crippen LogP contribution in [-0.4, -0.2) is 21.4 Å². The van der Waals surface area contributed by atoms with E-state index < -0.39 is 0 Å². The molecule has 24 heavy (non-hydrogen) atoms. The van der Waals surface area contributed by atoms with Crippen LogP contribution >= 0.6 is 24.0 Å². The number of ether oxygens (including phenoxy) is 1. The van der Waals surface area contributed by atoms with Crippen LogP contribution in [0.4, 0.5) is 0 Å². The molecule has 0 spiro atoms. The van der Waals surface area contributed by atoms with Crippen molar-refractivity contribution in [3.63, 3.8) is 0 Å². The average Bonchev–Trinajstić information content (AvgIpc) is 2.97. The molecule has 3 rings (SSSR count). The summed E-state index contributed by atoms with van der Waals surface area (Å²) in [5, 5.41) is 7.29. The lowest BCUT2D eigenvalue weighted by molar-refractivity contribution is 0.339. The molecule has 0 atom stereocenters. The molecule has 0 amide bonds. The van der Waals surface area contributed by atoms with Gasteiger partial charge < -0.3 is 4.74 Å². The maximum absolute atomic E-state index is 5.73. The Kier molecular flexibility index (Phi) is 5.72. The number of rotatable bonds is 7. The van der Waals surface area contributed by atoms with E-state index in [0.29, 0.717) is 11.4 Å². The first-order valence-electron chi connectivity index (χ1n) is 7.79. The Morgan fingerprint density at radius 2 is 1.83 bits per heavy atom. The monoisotopic (exact) mass is 357 g/mol. The van der Waals surface area contributed by atoms with Gasteiger partial charge in [-0.2, -0.15) is 5.10 Å². The standard InChI is InChI=1S/C18H19N3OS2/c1-2-22-16-11-7-6-10-15(16)21-17(19-20-18(21)23)13-24-12-14-8-4-3-5-9-14/h3-11H,2,12-13H2,1H3,(H,20,23). The third-order valence-corrected chi connectivity index (χ3v) is 4.76. The Bertz CT molecular complexity index is 843. The van der Waals surface area contributed by atoms with Crippen molar-refractivity contribution in [1.29, 1.82) is 0 Å². The van der Waals surface area contributed by atoms with Crippen molar-refractivity contribution in [3.05, 3.63) is 70.8 Å². The van der Waals surface area contributed by atoms with Crippen LogP contribution in [0, 0.1) is 4.77 Å². The predicted octanol–water partition coefficient (Wildman–Crippen LogP) is 4.76. The first-order valence-corrected chi connectivity index (χ1v) is 9.36. The molecule has 2 aromatic carbocycles. The van der Waals surface area contributed by atoms with Crippen LogP contribution < -0.4 is 4.74 Å². The molecule has 0 radical (unpaired) electrons. The Labute approximate surface area is 150 Å². The second-order valence-corrected chi connectivity index (χ2v) is 6.53. The third kappa shape index (κ3) is 3.88. The van der Waals surface area contributed by atoms with E-state index >= 15 is 0 Å². The van der Waals surface area contributed by atoms with Gasteiger partial charge in [0.05, 0.1) is 18.0 Å². The van der Waals surface area contributed by atoms with Gasteiger partial charge in [-0.05, 0) is 36.8 Å². The van der Waals surface area contributed by atoms with E-state index in [1.165, 1.54) is 5.56 Å². The molecule has 4 nitrogen and oxygen atoms in total. The van der Waals surface area contributed by atoms with E-state index in [1.807, 2.05) is 53.6 Å². The average molecular weight is 358 g/mol. The fraction of sp³-hybridized carbons (Fsp3) is 0.222. The van der Waals surface area contributed by atoms with Gasteiger partial charge in [0, 0.05) is 5.75 Å². The first kappa shape index (κ1) is 16.8. The molecule has 0 aliphatic heterocycles. The summed E-state index contributed by atoms with van der Waals surface area (Å²) in [4.78, 5) is 0. The van der Waals surface area contributed by atoms with Gasteiger partial charge in [-0.25, -0.2) is 0 Å². The second-order valence-electron chi connectivity index (χ2n) is 5.16. The quantitative estimate of drug-likeness (QED) is 0.619.